The summed E-state index contributed by atoms with van der Waals surface area (Å²) in [5, 5.41) is 3.45. The molecule has 0 atom stereocenters. The molecule has 0 radical (unpaired) electrons. The largest absolute Gasteiger partial charge is 0.494 e. The molecule has 0 aliphatic carbocycles. The van der Waals surface area contributed by atoms with Crippen LogP contribution in [0.2, 0.25) is 0 Å². The third-order valence-corrected chi connectivity index (χ3v) is 7.11. The second kappa shape index (κ2) is 9.12. The number of nitrogens with zero attached hydrogens (tertiary/aromatic N) is 4. The molecular formula is C26H25F2N5O2. The Bertz CT molecular complexity index is 1370. The molecule has 1 aromatic heterocycles. The molecule has 0 bridgehead atoms. The molecule has 7 nitrogen and oxygen atoms in total. The zero-order chi connectivity index (χ0) is 24.6. The van der Waals surface area contributed by atoms with Gasteiger partial charge in [0.1, 0.15) is 17.5 Å². The summed E-state index contributed by atoms with van der Waals surface area (Å²) >= 11 is 0. The third kappa shape index (κ3) is 4.26. The van der Waals surface area contributed by atoms with Gasteiger partial charge in [0.25, 0.3) is 5.56 Å². The minimum absolute atomic E-state index is 0.0454. The van der Waals surface area contributed by atoms with Crippen molar-refractivity contribution in [2.45, 2.75) is 19.3 Å². The first-order valence-electron chi connectivity index (χ1n) is 11.5. The maximum Gasteiger partial charge on any atom is 0.260 e. The van der Waals surface area contributed by atoms with Gasteiger partial charge >= 0.3 is 0 Å². The predicted octanol–water partition coefficient (Wildman–Crippen LogP) is 4.32. The van der Waals surface area contributed by atoms with Crippen LogP contribution in [0.4, 0.5) is 20.3 Å². The Morgan fingerprint density at radius 1 is 1.09 bits per heavy atom. The summed E-state index contributed by atoms with van der Waals surface area (Å²) in [4.78, 5) is 23.4. The number of halogens is 2. The van der Waals surface area contributed by atoms with E-state index in [0.717, 1.165) is 45.4 Å². The monoisotopic (exact) mass is 477 g/mol. The predicted molar refractivity (Wildman–Crippen MR) is 129 cm³/mol. The second-order valence-corrected chi connectivity index (χ2v) is 9.12. The Balaban J connectivity index is 1.60. The van der Waals surface area contributed by atoms with E-state index in [1.54, 1.807) is 12.1 Å². The van der Waals surface area contributed by atoms with Crippen LogP contribution in [-0.4, -0.2) is 42.8 Å². The van der Waals surface area contributed by atoms with Gasteiger partial charge in [0, 0.05) is 37.3 Å². The molecule has 2 fully saturated rings. The molecule has 2 saturated heterocycles. The van der Waals surface area contributed by atoms with E-state index in [1.807, 2.05) is 0 Å². The van der Waals surface area contributed by atoms with Crippen LogP contribution in [0.1, 0.15) is 19.3 Å². The molecule has 1 spiro atoms. The minimum atomic E-state index is -0.710. The van der Waals surface area contributed by atoms with E-state index in [0.29, 0.717) is 16.8 Å². The first-order chi connectivity index (χ1) is 16.9. The quantitative estimate of drug-likeness (QED) is 0.568. The zero-order valence-electron chi connectivity index (χ0n) is 19.4. The first-order valence-corrected chi connectivity index (χ1v) is 11.5. The minimum Gasteiger partial charge on any atom is -0.494 e. The molecule has 0 saturated carbocycles. The molecular weight excluding hydrogens is 452 g/mol. The van der Waals surface area contributed by atoms with Crippen molar-refractivity contribution >= 4 is 11.5 Å². The van der Waals surface area contributed by atoms with Gasteiger partial charge in [-0.3, -0.25) is 9.36 Å². The first kappa shape index (κ1) is 23.0. The fourth-order valence-corrected chi connectivity index (χ4v) is 5.04. The highest BCUT2D eigenvalue weighted by atomic mass is 19.1. The van der Waals surface area contributed by atoms with Crippen molar-refractivity contribution in [2.24, 2.45) is 5.41 Å². The number of aromatic nitrogens is 2. The summed E-state index contributed by atoms with van der Waals surface area (Å²) in [6.45, 7) is 10.7. The second-order valence-electron chi connectivity index (χ2n) is 9.12. The molecule has 5 rings (SSSR count). The van der Waals surface area contributed by atoms with Crippen molar-refractivity contribution in [1.29, 1.82) is 0 Å². The molecule has 2 aromatic carbocycles. The Kier molecular flexibility index (Phi) is 5.99. The van der Waals surface area contributed by atoms with Crippen molar-refractivity contribution in [3.63, 3.8) is 0 Å². The summed E-state index contributed by atoms with van der Waals surface area (Å²) < 4.78 is 35.3. The van der Waals surface area contributed by atoms with E-state index in [-0.39, 0.29) is 22.9 Å². The molecule has 180 valence electrons. The average Bonchev–Trinajstić information content (AvgIpc) is 3.31. The van der Waals surface area contributed by atoms with E-state index in [4.69, 9.17) is 16.3 Å². The number of anilines is 1. The fourth-order valence-electron chi connectivity index (χ4n) is 5.04. The van der Waals surface area contributed by atoms with Crippen LogP contribution in [0.15, 0.2) is 47.3 Å². The highest BCUT2D eigenvalue weighted by molar-refractivity contribution is 5.65. The van der Waals surface area contributed by atoms with Crippen LogP contribution in [0, 0.1) is 23.6 Å². The molecule has 3 heterocycles. The highest BCUT2D eigenvalue weighted by Crippen LogP contribution is 2.38. The normalized spacial score (nSPS) is 16.9. The number of hydrogen-bond acceptors (Lipinski definition) is 5. The Morgan fingerprint density at radius 2 is 1.89 bits per heavy atom. The van der Waals surface area contributed by atoms with Gasteiger partial charge < -0.3 is 15.0 Å². The molecule has 0 unspecified atom stereocenters. The van der Waals surface area contributed by atoms with Crippen LogP contribution in [-0.2, 0) is 0 Å². The summed E-state index contributed by atoms with van der Waals surface area (Å²) in [5.74, 6) is -0.615. The van der Waals surface area contributed by atoms with E-state index < -0.39 is 17.2 Å². The van der Waals surface area contributed by atoms with Gasteiger partial charge in [-0.1, -0.05) is 12.1 Å². The maximum atomic E-state index is 14.5. The lowest BCUT2D eigenvalue weighted by atomic mass is 9.78. The van der Waals surface area contributed by atoms with E-state index in [1.165, 1.54) is 42.0 Å². The maximum absolute atomic E-state index is 14.5. The molecule has 2 aliphatic rings. The molecule has 3 aromatic rings. The van der Waals surface area contributed by atoms with Crippen LogP contribution < -0.4 is 20.5 Å². The standard InChI is InChI=1S/C26H25F2N5O2/c1-29-21-5-3-17(13-19(21)27)25-31-23(32-11-8-26(9-12-32)7-10-30-16-26)15-24(34)33(25)18-4-6-22(35-2)20(28)14-18/h3-6,13-15,30H,7-12,16H2,2H3. The van der Waals surface area contributed by atoms with Crippen molar-refractivity contribution < 1.29 is 13.5 Å². The molecule has 35 heavy (non-hydrogen) atoms. The van der Waals surface area contributed by atoms with Gasteiger partial charge in [-0.25, -0.2) is 18.6 Å². The SMILES string of the molecule is [C-]#[N+]c1ccc(-c2nc(N3CCC4(CCNC4)CC3)cc(=O)n2-c2ccc(OC)c(F)c2)cc1F. The zero-order valence-corrected chi connectivity index (χ0v) is 19.4. The van der Waals surface area contributed by atoms with Gasteiger partial charge in [-0.05, 0) is 49.4 Å². The summed E-state index contributed by atoms with van der Waals surface area (Å²) in [6, 6.07) is 9.70. The van der Waals surface area contributed by atoms with Crippen LogP contribution in [0.25, 0.3) is 21.9 Å². The summed E-state index contributed by atoms with van der Waals surface area (Å²) in [6.07, 6.45) is 3.15. The number of benzene rings is 2. The van der Waals surface area contributed by atoms with Gasteiger partial charge in [0.05, 0.1) is 19.4 Å². The van der Waals surface area contributed by atoms with E-state index in [9.17, 15) is 13.6 Å². The summed E-state index contributed by atoms with van der Waals surface area (Å²) in [7, 11) is 1.36. The molecule has 1 N–H and O–H groups in total. The van der Waals surface area contributed by atoms with Crippen molar-refractivity contribution in [2.75, 3.05) is 38.2 Å². The van der Waals surface area contributed by atoms with Gasteiger partial charge in [0.15, 0.2) is 11.6 Å². The number of ether oxygens (including phenoxy) is 1. The number of nitrogens with one attached hydrogen (secondary N) is 1. The molecule has 9 heteroatoms. The van der Waals surface area contributed by atoms with Crippen LogP contribution in [0.3, 0.4) is 0 Å². The summed E-state index contributed by atoms with van der Waals surface area (Å²) in [5.41, 5.74) is 0.325. The Hall–Kier alpha value is -3.77. The lowest BCUT2D eigenvalue weighted by molar-refractivity contribution is 0.247. The lowest BCUT2D eigenvalue weighted by Gasteiger charge is -2.39. The number of methoxy groups -OCH3 is 1. The van der Waals surface area contributed by atoms with Gasteiger partial charge in [-0.2, -0.15) is 0 Å². The smallest absolute Gasteiger partial charge is 0.260 e. The van der Waals surface area contributed by atoms with E-state index in [2.05, 4.69) is 15.1 Å². The van der Waals surface area contributed by atoms with Crippen molar-refractivity contribution in [3.8, 4) is 22.8 Å². The van der Waals surface area contributed by atoms with Crippen LogP contribution in [0.5, 0.6) is 5.75 Å². The number of rotatable bonds is 4. The highest BCUT2D eigenvalue weighted by Gasteiger charge is 2.37. The molecule has 0 amide bonds. The van der Waals surface area contributed by atoms with Gasteiger partial charge in [-0.15, -0.1) is 0 Å². The van der Waals surface area contributed by atoms with Crippen molar-refractivity contribution in [3.05, 3.63) is 75.9 Å². The molecule has 2 aliphatic heterocycles. The fraction of sp³-hybridized carbons (Fsp3) is 0.346. The third-order valence-electron chi connectivity index (χ3n) is 7.11. The van der Waals surface area contributed by atoms with Crippen LogP contribution >= 0.6 is 0 Å². The number of piperidine rings is 1. The van der Waals surface area contributed by atoms with Crippen molar-refractivity contribution in [1.82, 2.24) is 14.9 Å². The Morgan fingerprint density at radius 3 is 2.51 bits per heavy atom. The lowest BCUT2D eigenvalue weighted by Crippen LogP contribution is -2.42. The van der Waals surface area contributed by atoms with E-state index >= 15 is 0 Å². The topological polar surface area (TPSA) is 63.8 Å². The van der Waals surface area contributed by atoms with Gasteiger partial charge in [0.2, 0.25) is 5.69 Å². The number of hydrogen-bond donors (Lipinski definition) is 1. The Labute approximate surface area is 201 Å². The average molecular weight is 478 g/mol.